The molecule has 25 heavy (non-hydrogen) atoms. The minimum absolute atomic E-state index is 0.0347. The fourth-order valence-corrected chi connectivity index (χ4v) is 3.10. The summed E-state index contributed by atoms with van der Waals surface area (Å²) in [6.45, 7) is 2.19. The highest BCUT2D eigenvalue weighted by molar-refractivity contribution is 5.92. The molecule has 2 amide bonds. The lowest BCUT2D eigenvalue weighted by Crippen LogP contribution is -2.35. The van der Waals surface area contributed by atoms with Crippen molar-refractivity contribution < 1.29 is 9.59 Å². The zero-order chi connectivity index (χ0) is 17.6. The van der Waals surface area contributed by atoms with Crippen LogP contribution in [0.4, 0.5) is 5.69 Å². The maximum Gasteiger partial charge on any atom is 0.241 e. The third-order valence-corrected chi connectivity index (χ3v) is 4.43. The number of carbonyl (C=O) groups is 2. The van der Waals surface area contributed by atoms with E-state index >= 15 is 0 Å². The highest BCUT2D eigenvalue weighted by Gasteiger charge is 2.17. The van der Waals surface area contributed by atoms with Crippen molar-refractivity contribution in [2.45, 2.75) is 51.6 Å². The summed E-state index contributed by atoms with van der Waals surface area (Å²) in [6, 6.07) is 8.18. The van der Waals surface area contributed by atoms with Crippen LogP contribution in [0, 0.1) is 6.92 Å². The summed E-state index contributed by atoms with van der Waals surface area (Å²) < 4.78 is 1.55. The van der Waals surface area contributed by atoms with Crippen LogP contribution in [0.15, 0.2) is 36.7 Å². The Balaban J connectivity index is 1.48. The monoisotopic (exact) mass is 340 g/mol. The molecule has 6 heteroatoms. The van der Waals surface area contributed by atoms with Gasteiger partial charge in [-0.25, -0.2) is 0 Å². The van der Waals surface area contributed by atoms with Gasteiger partial charge in [0.2, 0.25) is 11.8 Å². The van der Waals surface area contributed by atoms with Gasteiger partial charge in [-0.2, -0.15) is 5.10 Å². The second-order valence-corrected chi connectivity index (χ2v) is 6.69. The van der Waals surface area contributed by atoms with Crippen LogP contribution in [0.25, 0.3) is 0 Å². The number of aromatic nitrogens is 2. The predicted octanol–water partition coefficient (Wildman–Crippen LogP) is 2.43. The summed E-state index contributed by atoms with van der Waals surface area (Å²) in [7, 11) is 0. The molecular weight excluding hydrogens is 316 g/mol. The Hall–Kier alpha value is -2.63. The Bertz CT molecular complexity index is 730. The number of nitrogens with one attached hydrogen (secondary N) is 2. The predicted molar refractivity (Wildman–Crippen MR) is 96.1 cm³/mol. The molecule has 0 bridgehead atoms. The molecule has 6 nitrogen and oxygen atoms in total. The largest absolute Gasteiger partial charge is 0.352 e. The number of benzene rings is 1. The Kier molecular flexibility index (Phi) is 5.48. The zero-order valence-corrected chi connectivity index (χ0v) is 14.5. The molecule has 0 radical (unpaired) electrons. The van der Waals surface area contributed by atoms with Crippen molar-refractivity contribution in [2.24, 2.45) is 0 Å². The van der Waals surface area contributed by atoms with Crippen LogP contribution < -0.4 is 10.6 Å². The molecular formula is C19H24N4O2. The first-order valence-corrected chi connectivity index (χ1v) is 8.76. The van der Waals surface area contributed by atoms with E-state index in [0.29, 0.717) is 18.2 Å². The Labute approximate surface area is 147 Å². The molecule has 3 rings (SSSR count). The van der Waals surface area contributed by atoms with Gasteiger partial charge in [0.05, 0.1) is 18.3 Å². The van der Waals surface area contributed by atoms with Crippen molar-refractivity contribution in [3.05, 3.63) is 47.8 Å². The van der Waals surface area contributed by atoms with Gasteiger partial charge in [-0.3, -0.25) is 14.3 Å². The van der Waals surface area contributed by atoms with Crippen molar-refractivity contribution in [3.8, 4) is 0 Å². The second kappa shape index (κ2) is 7.96. The van der Waals surface area contributed by atoms with Gasteiger partial charge in [-0.1, -0.05) is 42.7 Å². The molecule has 0 unspecified atom stereocenters. The van der Waals surface area contributed by atoms with Crippen LogP contribution in [0.1, 0.15) is 36.8 Å². The standard InChI is InChI=1S/C19H24N4O2/c1-14-6-8-15(9-7-14)10-18(24)22-17-11-20-23(12-17)13-19(25)21-16-4-2-3-5-16/h6-9,11-12,16H,2-5,10,13H2,1H3,(H,21,25)(H,22,24). The zero-order valence-electron chi connectivity index (χ0n) is 14.5. The maximum absolute atomic E-state index is 12.1. The van der Waals surface area contributed by atoms with Crippen molar-refractivity contribution >= 4 is 17.5 Å². The fraction of sp³-hybridized carbons (Fsp3) is 0.421. The number of rotatable bonds is 6. The van der Waals surface area contributed by atoms with E-state index in [1.807, 2.05) is 31.2 Å². The van der Waals surface area contributed by atoms with E-state index in [4.69, 9.17) is 0 Å². The topological polar surface area (TPSA) is 76.0 Å². The minimum atomic E-state index is -0.0983. The first-order valence-electron chi connectivity index (χ1n) is 8.76. The van der Waals surface area contributed by atoms with E-state index in [0.717, 1.165) is 18.4 Å². The van der Waals surface area contributed by atoms with Gasteiger partial charge in [0.25, 0.3) is 0 Å². The summed E-state index contributed by atoms with van der Waals surface area (Å²) in [5.41, 5.74) is 2.73. The quantitative estimate of drug-likeness (QED) is 0.848. The molecule has 1 aliphatic carbocycles. The summed E-state index contributed by atoms with van der Waals surface area (Å²) in [5, 5.41) is 9.99. The lowest BCUT2D eigenvalue weighted by Gasteiger charge is -2.11. The van der Waals surface area contributed by atoms with E-state index in [1.165, 1.54) is 18.4 Å². The molecule has 1 fully saturated rings. The number of carbonyl (C=O) groups excluding carboxylic acids is 2. The summed E-state index contributed by atoms with van der Waals surface area (Å²) >= 11 is 0. The third kappa shape index (κ3) is 5.17. The molecule has 0 atom stereocenters. The number of amides is 2. The SMILES string of the molecule is Cc1ccc(CC(=O)Nc2cnn(CC(=O)NC3CCCC3)c2)cc1. The summed E-state index contributed by atoms with van der Waals surface area (Å²) in [6.07, 6.45) is 8.05. The second-order valence-electron chi connectivity index (χ2n) is 6.69. The molecule has 0 aliphatic heterocycles. The molecule has 1 saturated carbocycles. The number of aryl methyl sites for hydroxylation is 1. The molecule has 1 aliphatic rings. The Morgan fingerprint density at radius 2 is 1.88 bits per heavy atom. The smallest absolute Gasteiger partial charge is 0.241 e. The van der Waals surface area contributed by atoms with Crippen molar-refractivity contribution in [1.29, 1.82) is 0 Å². The molecule has 132 valence electrons. The maximum atomic E-state index is 12.1. The van der Waals surface area contributed by atoms with Gasteiger partial charge in [0.15, 0.2) is 0 Å². The molecule has 0 spiro atoms. The average molecular weight is 340 g/mol. The average Bonchev–Trinajstić information content (AvgIpc) is 3.22. The molecule has 2 N–H and O–H groups in total. The van der Waals surface area contributed by atoms with Gasteiger partial charge >= 0.3 is 0 Å². The fourth-order valence-electron chi connectivity index (χ4n) is 3.10. The molecule has 1 aromatic heterocycles. The van der Waals surface area contributed by atoms with E-state index in [9.17, 15) is 9.59 Å². The van der Waals surface area contributed by atoms with Crippen molar-refractivity contribution in [1.82, 2.24) is 15.1 Å². The van der Waals surface area contributed by atoms with Gasteiger partial charge in [0.1, 0.15) is 6.54 Å². The molecule has 1 aromatic carbocycles. The van der Waals surface area contributed by atoms with Crippen LogP contribution in [-0.4, -0.2) is 27.6 Å². The number of anilines is 1. The summed E-state index contributed by atoms with van der Waals surface area (Å²) in [5.74, 6) is -0.133. The highest BCUT2D eigenvalue weighted by Crippen LogP contribution is 2.17. The van der Waals surface area contributed by atoms with Crippen molar-refractivity contribution in [3.63, 3.8) is 0 Å². The first-order chi connectivity index (χ1) is 12.1. The van der Waals surface area contributed by atoms with Crippen LogP contribution in [0.2, 0.25) is 0 Å². The molecule has 1 heterocycles. The number of hydrogen-bond donors (Lipinski definition) is 2. The Morgan fingerprint density at radius 3 is 2.60 bits per heavy atom. The normalized spacial score (nSPS) is 14.4. The van der Waals surface area contributed by atoms with E-state index in [-0.39, 0.29) is 18.4 Å². The van der Waals surface area contributed by atoms with Crippen molar-refractivity contribution in [2.75, 3.05) is 5.32 Å². The lowest BCUT2D eigenvalue weighted by molar-refractivity contribution is -0.122. The van der Waals surface area contributed by atoms with E-state index in [1.54, 1.807) is 17.1 Å². The van der Waals surface area contributed by atoms with E-state index in [2.05, 4.69) is 15.7 Å². The Morgan fingerprint density at radius 1 is 1.16 bits per heavy atom. The highest BCUT2D eigenvalue weighted by atomic mass is 16.2. The number of hydrogen-bond acceptors (Lipinski definition) is 3. The van der Waals surface area contributed by atoms with Gasteiger partial charge in [-0.05, 0) is 25.3 Å². The van der Waals surface area contributed by atoms with Gasteiger partial charge in [0, 0.05) is 12.2 Å². The van der Waals surface area contributed by atoms with Crippen LogP contribution in [0.5, 0.6) is 0 Å². The third-order valence-electron chi connectivity index (χ3n) is 4.43. The van der Waals surface area contributed by atoms with E-state index < -0.39 is 0 Å². The minimum Gasteiger partial charge on any atom is -0.352 e. The number of nitrogens with zero attached hydrogens (tertiary/aromatic N) is 2. The van der Waals surface area contributed by atoms with Gasteiger partial charge in [-0.15, -0.1) is 0 Å². The molecule has 2 aromatic rings. The van der Waals surface area contributed by atoms with Crippen LogP contribution >= 0.6 is 0 Å². The van der Waals surface area contributed by atoms with Crippen LogP contribution in [0.3, 0.4) is 0 Å². The van der Waals surface area contributed by atoms with Gasteiger partial charge < -0.3 is 10.6 Å². The lowest BCUT2D eigenvalue weighted by atomic mass is 10.1. The summed E-state index contributed by atoms with van der Waals surface area (Å²) in [4.78, 5) is 24.1. The molecule has 0 saturated heterocycles. The first kappa shape index (κ1) is 17.2. The van der Waals surface area contributed by atoms with Crippen LogP contribution in [-0.2, 0) is 22.6 Å².